The van der Waals surface area contributed by atoms with E-state index in [0.717, 1.165) is 38.4 Å². The fraction of sp³-hybridized carbons (Fsp3) is 0.800. The first kappa shape index (κ1) is 13.6. The zero-order chi connectivity index (χ0) is 13.0. The molecule has 3 heteroatoms. The van der Waals surface area contributed by atoms with Crippen molar-refractivity contribution in [3.8, 4) is 0 Å². The van der Waals surface area contributed by atoms with Crippen LogP contribution in [0.25, 0.3) is 0 Å². The van der Waals surface area contributed by atoms with Gasteiger partial charge in [0, 0.05) is 24.3 Å². The molecule has 0 atom stereocenters. The van der Waals surface area contributed by atoms with Gasteiger partial charge in [-0.15, -0.1) is 0 Å². The largest absolute Gasteiger partial charge is 0.313 e. The Morgan fingerprint density at radius 1 is 1.22 bits per heavy atom. The molecule has 3 nitrogen and oxygen atoms in total. The first-order valence-electron chi connectivity index (χ1n) is 7.58. The molecule has 1 aliphatic rings. The lowest BCUT2D eigenvalue weighted by atomic mass is 10.1. The number of rotatable bonds is 8. The molecule has 0 bridgehead atoms. The quantitative estimate of drug-likeness (QED) is 0.767. The van der Waals surface area contributed by atoms with Crippen LogP contribution in [0, 0.1) is 5.92 Å². The zero-order valence-electron chi connectivity index (χ0n) is 12.1. The van der Waals surface area contributed by atoms with Gasteiger partial charge < -0.3 is 5.32 Å². The Hall–Kier alpha value is -0.830. The van der Waals surface area contributed by atoms with E-state index in [-0.39, 0.29) is 0 Å². The monoisotopic (exact) mass is 249 g/mol. The molecule has 1 N–H and O–H groups in total. The highest BCUT2D eigenvalue weighted by Gasteiger charge is 2.22. The summed E-state index contributed by atoms with van der Waals surface area (Å²) in [5, 5.41) is 8.28. The third kappa shape index (κ3) is 3.14. The number of hydrogen-bond donors (Lipinski definition) is 1. The van der Waals surface area contributed by atoms with Gasteiger partial charge in [0.25, 0.3) is 0 Å². The third-order valence-corrected chi connectivity index (χ3v) is 3.92. The summed E-state index contributed by atoms with van der Waals surface area (Å²) in [6.45, 7) is 9.75. The first-order chi connectivity index (χ1) is 8.80. The Morgan fingerprint density at radius 2 is 2.00 bits per heavy atom. The summed E-state index contributed by atoms with van der Waals surface area (Å²) < 4.78 is 2.28. The molecule has 1 heterocycles. The maximum atomic E-state index is 4.83. The minimum absolute atomic E-state index is 0.978. The van der Waals surface area contributed by atoms with Crippen molar-refractivity contribution >= 4 is 0 Å². The number of nitrogens with one attached hydrogen (secondary N) is 1. The van der Waals surface area contributed by atoms with Crippen molar-refractivity contribution in [2.75, 3.05) is 6.54 Å². The molecule has 18 heavy (non-hydrogen) atoms. The van der Waals surface area contributed by atoms with E-state index >= 15 is 0 Å². The molecule has 0 aromatic carbocycles. The lowest BCUT2D eigenvalue weighted by Gasteiger charge is -2.08. The summed E-state index contributed by atoms with van der Waals surface area (Å²) in [6, 6.07) is 0. The van der Waals surface area contributed by atoms with E-state index in [1.165, 1.54) is 36.2 Å². The standard InChI is InChI=1S/C15H27N3/c1-4-14-13(11-16-6-3)15(5-2)18(17-14)10-9-12-7-8-12/h12,16H,4-11H2,1-3H3. The van der Waals surface area contributed by atoms with Crippen LogP contribution in [0.3, 0.4) is 0 Å². The molecule has 1 aromatic rings. The molecule has 102 valence electrons. The minimum atomic E-state index is 0.978. The summed E-state index contributed by atoms with van der Waals surface area (Å²) in [5.41, 5.74) is 4.20. The van der Waals surface area contributed by atoms with Crippen molar-refractivity contribution in [2.24, 2.45) is 5.92 Å². The highest BCUT2D eigenvalue weighted by molar-refractivity contribution is 5.26. The predicted molar refractivity (Wildman–Crippen MR) is 75.7 cm³/mol. The van der Waals surface area contributed by atoms with E-state index < -0.39 is 0 Å². The maximum Gasteiger partial charge on any atom is 0.0669 e. The molecule has 0 unspecified atom stereocenters. The second-order valence-corrected chi connectivity index (χ2v) is 5.31. The van der Waals surface area contributed by atoms with Gasteiger partial charge >= 0.3 is 0 Å². The molecule has 1 aliphatic carbocycles. The summed E-state index contributed by atoms with van der Waals surface area (Å²) in [6.07, 6.45) is 6.34. The minimum Gasteiger partial charge on any atom is -0.313 e. The van der Waals surface area contributed by atoms with Crippen LogP contribution in [-0.2, 0) is 25.9 Å². The van der Waals surface area contributed by atoms with E-state index in [2.05, 4.69) is 30.8 Å². The average Bonchev–Trinajstić information content (AvgIpc) is 3.15. The van der Waals surface area contributed by atoms with Crippen LogP contribution in [0.5, 0.6) is 0 Å². The van der Waals surface area contributed by atoms with Crippen molar-refractivity contribution in [1.82, 2.24) is 15.1 Å². The van der Waals surface area contributed by atoms with Gasteiger partial charge in [-0.25, -0.2) is 0 Å². The van der Waals surface area contributed by atoms with Crippen molar-refractivity contribution in [3.05, 3.63) is 17.0 Å². The van der Waals surface area contributed by atoms with Crippen LogP contribution in [0.2, 0.25) is 0 Å². The van der Waals surface area contributed by atoms with E-state index in [1.807, 2.05) is 0 Å². The zero-order valence-corrected chi connectivity index (χ0v) is 12.1. The van der Waals surface area contributed by atoms with Crippen LogP contribution in [0.1, 0.15) is 57.0 Å². The smallest absolute Gasteiger partial charge is 0.0669 e. The van der Waals surface area contributed by atoms with Crippen molar-refractivity contribution in [1.29, 1.82) is 0 Å². The van der Waals surface area contributed by atoms with E-state index in [4.69, 9.17) is 5.10 Å². The second kappa shape index (κ2) is 6.37. The number of aryl methyl sites for hydroxylation is 2. The number of hydrogen-bond acceptors (Lipinski definition) is 2. The number of aromatic nitrogens is 2. The molecule has 1 saturated carbocycles. The van der Waals surface area contributed by atoms with Crippen LogP contribution in [-0.4, -0.2) is 16.3 Å². The first-order valence-corrected chi connectivity index (χ1v) is 7.58. The van der Waals surface area contributed by atoms with Crippen molar-refractivity contribution in [2.45, 2.75) is 66.0 Å². The van der Waals surface area contributed by atoms with E-state index in [0.29, 0.717) is 0 Å². The predicted octanol–water partition coefficient (Wildman–Crippen LogP) is 2.92. The van der Waals surface area contributed by atoms with E-state index in [1.54, 1.807) is 0 Å². The fourth-order valence-electron chi connectivity index (χ4n) is 2.62. The maximum absolute atomic E-state index is 4.83. The molecule has 2 rings (SSSR count). The summed E-state index contributed by atoms with van der Waals surface area (Å²) in [4.78, 5) is 0. The molecule has 0 radical (unpaired) electrons. The Labute approximate surface area is 111 Å². The molecule has 1 fully saturated rings. The van der Waals surface area contributed by atoms with Crippen LogP contribution in [0.4, 0.5) is 0 Å². The molecule has 0 aliphatic heterocycles. The van der Waals surface area contributed by atoms with Crippen molar-refractivity contribution < 1.29 is 0 Å². The Bertz CT molecular complexity index is 377. The van der Waals surface area contributed by atoms with Gasteiger partial charge in [0.15, 0.2) is 0 Å². The Kier molecular flexibility index (Phi) is 4.81. The molecular weight excluding hydrogens is 222 g/mol. The van der Waals surface area contributed by atoms with Gasteiger partial charge in [-0.1, -0.05) is 33.6 Å². The van der Waals surface area contributed by atoms with Gasteiger partial charge in [0.2, 0.25) is 0 Å². The molecule has 0 amide bonds. The summed E-state index contributed by atoms with van der Waals surface area (Å²) >= 11 is 0. The molecule has 0 spiro atoms. The SMILES string of the molecule is CCNCc1c(CC)nn(CCC2CC2)c1CC. The van der Waals surface area contributed by atoms with Gasteiger partial charge in [0.1, 0.15) is 0 Å². The number of nitrogens with zero attached hydrogens (tertiary/aromatic N) is 2. The van der Waals surface area contributed by atoms with Crippen molar-refractivity contribution in [3.63, 3.8) is 0 Å². The highest BCUT2D eigenvalue weighted by Crippen LogP contribution is 2.33. The van der Waals surface area contributed by atoms with Gasteiger partial charge in [-0.2, -0.15) is 5.10 Å². The Balaban J connectivity index is 2.13. The third-order valence-electron chi connectivity index (χ3n) is 3.92. The highest BCUT2D eigenvalue weighted by atomic mass is 15.3. The lowest BCUT2D eigenvalue weighted by Crippen LogP contribution is -2.14. The average molecular weight is 249 g/mol. The topological polar surface area (TPSA) is 29.9 Å². The van der Waals surface area contributed by atoms with Crippen LogP contribution >= 0.6 is 0 Å². The Morgan fingerprint density at radius 3 is 2.56 bits per heavy atom. The summed E-state index contributed by atoms with van der Waals surface area (Å²) in [7, 11) is 0. The van der Waals surface area contributed by atoms with Gasteiger partial charge in [-0.3, -0.25) is 4.68 Å². The lowest BCUT2D eigenvalue weighted by molar-refractivity contribution is 0.524. The normalized spacial score (nSPS) is 15.3. The summed E-state index contributed by atoms with van der Waals surface area (Å²) in [5.74, 6) is 0.987. The van der Waals surface area contributed by atoms with Crippen LogP contribution < -0.4 is 5.32 Å². The molecular formula is C15H27N3. The molecule has 0 saturated heterocycles. The van der Waals surface area contributed by atoms with Crippen LogP contribution in [0.15, 0.2) is 0 Å². The molecule has 1 aromatic heterocycles. The second-order valence-electron chi connectivity index (χ2n) is 5.31. The van der Waals surface area contributed by atoms with E-state index in [9.17, 15) is 0 Å². The fourth-order valence-corrected chi connectivity index (χ4v) is 2.62. The van der Waals surface area contributed by atoms with Gasteiger partial charge in [-0.05, 0) is 31.7 Å². The van der Waals surface area contributed by atoms with Gasteiger partial charge in [0.05, 0.1) is 5.69 Å².